The lowest BCUT2D eigenvalue weighted by Crippen LogP contribution is -2.51. The van der Waals surface area contributed by atoms with Gasteiger partial charge in [-0.15, -0.1) is 10.2 Å². The molecule has 5 rings (SSSR count). The van der Waals surface area contributed by atoms with Gasteiger partial charge in [-0.25, -0.2) is 8.78 Å². The molecule has 33 heavy (non-hydrogen) atoms. The highest BCUT2D eigenvalue weighted by Crippen LogP contribution is 2.45. The molecule has 2 fully saturated rings. The lowest BCUT2D eigenvalue weighted by Gasteiger charge is -2.44. The van der Waals surface area contributed by atoms with Crippen molar-refractivity contribution < 1.29 is 18.3 Å². The Morgan fingerprint density at radius 1 is 1.18 bits per heavy atom. The summed E-state index contributed by atoms with van der Waals surface area (Å²) < 4.78 is 33.6. The van der Waals surface area contributed by atoms with Gasteiger partial charge in [-0.2, -0.15) is 0 Å². The van der Waals surface area contributed by atoms with Crippen LogP contribution in [0.5, 0.6) is 0 Å². The fourth-order valence-electron chi connectivity index (χ4n) is 4.63. The minimum absolute atomic E-state index is 0.204. The standard InChI is InChI=1S/C24H23F2N5O2/c25-17-12-23(13-17,21-18(26)5-2-9-28-21)14-29-20-7-6-19(30-31-20)15-3-1-4-16(11-15)24(22(27)32)8-10-33-24/h1-7,9,11,17H,8,10,12-14H2,(H2,27,32)(H,29,31). The SMILES string of the molecule is NC(=O)C1(c2cccc(-c3ccc(NCC4(c5ncccc5F)CC(F)C4)nn3)c2)CCO1. The van der Waals surface area contributed by atoms with Gasteiger partial charge in [0, 0.05) is 30.1 Å². The number of carbonyl (C=O) groups is 1. The number of amides is 1. The molecule has 1 saturated heterocycles. The lowest BCUT2D eigenvalue weighted by molar-refractivity contribution is -0.177. The molecule has 1 aliphatic heterocycles. The Morgan fingerprint density at radius 3 is 2.61 bits per heavy atom. The van der Waals surface area contributed by atoms with Crippen LogP contribution in [0.15, 0.2) is 54.7 Å². The zero-order valence-electron chi connectivity index (χ0n) is 17.8. The predicted octanol–water partition coefficient (Wildman–Crippen LogP) is 3.26. The molecule has 3 heterocycles. The number of anilines is 1. The Morgan fingerprint density at radius 2 is 2.00 bits per heavy atom. The van der Waals surface area contributed by atoms with Crippen LogP contribution in [0.3, 0.4) is 0 Å². The molecular formula is C24H23F2N5O2. The Hall–Kier alpha value is -3.46. The maximum absolute atomic E-state index is 14.3. The van der Waals surface area contributed by atoms with E-state index in [1.165, 1.54) is 18.3 Å². The summed E-state index contributed by atoms with van der Waals surface area (Å²) in [6.45, 7) is 0.781. The third kappa shape index (κ3) is 3.72. The number of nitrogens with one attached hydrogen (secondary N) is 1. The second-order valence-electron chi connectivity index (χ2n) is 8.65. The summed E-state index contributed by atoms with van der Waals surface area (Å²) in [4.78, 5) is 16.1. The molecule has 1 aromatic carbocycles. The molecule has 0 spiro atoms. The van der Waals surface area contributed by atoms with Crippen molar-refractivity contribution in [3.8, 4) is 11.3 Å². The summed E-state index contributed by atoms with van der Waals surface area (Å²) in [6.07, 6.45) is 1.49. The number of pyridine rings is 1. The number of nitrogens with two attached hydrogens (primary N) is 1. The molecule has 1 aliphatic carbocycles. The summed E-state index contributed by atoms with van der Waals surface area (Å²) in [5.41, 5.74) is 6.11. The summed E-state index contributed by atoms with van der Waals surface area (Å²) in [6, 6.07) is 13.7. The van der Waals surface area contributed by atoms with Crippen LogP contribution in [-0.4, -0.2) is 40.4 Å². The molecule has 1 unspecified atom stereocenters. The minimum Gasteiger partial charge on any atom is -0.368 e. The van der Waals surface area contributed by atoms with E-state index in [4.69, 9.17) is 10.5 Å². The Bertz CT molecular complexity index is 1180. The van der Waals surface area contributed by atoms with Crippen LogP contribution in [0.2, 0.25) is 0 Å². The van der Waals surface area contributed by atoms with Crippen molar-refractivity contribution in [2.75, 3.05) is 18.5 Å². The third-order valence-electron chi connectivity index (χ3n) is 6.58. The number of rotatable bonds is 7. The largest absolute Gasteiger partial charge is 0.368 e. The van der Waals surface area contributed by atoms with E-state index < -0.39 is 28.9 Å². The molecule has 1 saturated carbocycles. The highest BCUT2D eigenvalue weighted by atomic mass is 19.1. The first kappa shape index (κ1) is 21.4. The van der Waals surface area contributed by atoms with Crippen molar-refractivity contribution in [3.63, 3.8) is 0 Å². The molecular weight excluding hydrogens is 428 g/mol. The van der Waals surface area contributed by atoms with Gasteiger partial charge in [-0.05, 0) is 48.7 Å². The minimum atomic E-state index is -1.09. The second kappa shape index (κ2) is 8.15. The van der Waals surface area contributed by atoms with Crippen LogP contribution in [0.25, 0.3) is 11.3 Å². The van der Waals surface area contributed by atoms with Gasteiger partial charge in [0.1, 0.15) is 17.8 Å². The average molecular weight is 451 g/mol. The van der Waals surface area contributed by atoms with E-state index in [9.17, 15) is 13.6 Å². The monoisotopic (exact) mass is 451 g/mol. The van der Waals surface area contributed by atoms with E-state index in [0.717, 1.165) is 5.56 Å². The maximum atomic E-state index is 14.3. The third-order valence-corrected chi connectivity index (χ3v) is 6.58. The lowest BCUT2D eigenvalue weighted by atomic mass is 9.65. The van der Waals surface area contributed by atoms with Gasteiger partial charge < -0.3 is 15.8 Å². The number of ether oxygens (including phenoxy) is 1. The van der Waals surface area contributed by atoms with Crippen LogP contribution in [-0.2, 0) is 20.5 Å². The molecule has 170 valence electrons. The van der Waals surface area contributed by atoms with Crippen LogP contribution < -0.4 is 11.1 Å². The van der Waals surface area contributed by atoms with Gasteiger partial charge in [0.2, 0.25) is 0 Å². The van der Waals surface area contributed by atoms with E-state index in [1.807, 2.05) is 24.3 Å². The quantitative estimate of drug-likeness (QED) is 0.572. The molecule has 0 radical (unpaired) electrons. The normalized spacial score (nSPS) is 26.2. The van der Waals surface area contributed by atoms with Crippen molar-refractivity contribution >= 4 is 11.7 Å². The highest BCUT2D eigenvalue weighted by molar-refractivity contribution is 5.86. The predicted molar refractivity (Wildman–Crippen MR) is 117 cm³/mol. The number of nitrogens with zero attached hydrogens (tertiary/aromatic N) is 3. The molecule has 1 amide bonds. The van der Waals surface area contributed by atoms with E-state index in [2.05, 4.69) is 20.5 Å². The number of benzene rings is 1. The number of halogens is 2. The fourth-order valence-corrected chi connectivity index (χ4v) is 4.63. The molecule has 9 heteroatoms. The van der Waals surface area contributed by atoms with Crippen molar-refractivity contribution in [1.82, 2.24) is 15.2 Å². The Kier molecular flexibility index (Phi) is 5.28. The zero-order chi connectivity index (χ0) is 23.1. The van der Waals surface area contributed by atoms with Gasteiger partial charge in [-0.3, -0.25) is 9.78 Å². The summed E-state index contributed by atoms with van der Waals surface area (Å²) in [5.74, 6) is -0.457. The number of alkyl halides is 1. The molecule has 0 bridgehead atoms. The van der Waals surface area contributed by atoms with Crippen LogP contribution in [0.1, 0.15) is 30.5 Å². The highest BCUT2D eigenvalue weighted by Gasteiger charge is 2.48. The fraction of sp³-hybridized carbons (Fsp3) is 0.333. The second-order valence-corrected chi connectivity index (χ2v) is 8.65. The number of hydrogen-bond donors (Lipinski definition) is 2. The zero-order valence-corrected chi connectivity index (χ0v) is 17.8. The smallest absolute Gasteiger partial charge is 0.254 e. The van der Waals surface area contributed by atoms with E-state index in [0.29, 0.717) is 36.6 Å². The first-order valence-electron chi connectivity index (χ1n) is 10.8. The van der Waals surface area contributed by atoms with E-state index in [-0.39, 0.29) is 18.5 Å². The molecule has 2 aromatic heterocycles. The first-order chi connectivity index (χ1) is 15.9. The molecule has 1 atom stereocenters. The number of aromatic nitrogens is 3. The van der Waals surface area contributed by atoms with Gasteiger partial charge in [0.15, 0.2) is 5.60 Å². The molecule has 7 nitrogen and oxygen atoms in total. The van der Waals surface area contributed by atoms with Crippen molar-refractivity contribution in [2.45, 2.75) is 36.5 Å². The Labute approximate surface area is 189 Å². The maximum Gasteiger partial charge on any atom is 0.254 e. The van der Waals surface area contributed by atoms with Crippen LogP contribution in [0.4, 0.5) is 14.6 Å². The molecule has 3 N–H and O–H groups in total. The topological polar surface area (TPSA) is 103 Å². The number of hydrogen-bond acceptors (Lipinski definition) is 6. The van der Waals surface area contributed by atoms with Crippen LogP contribution in [0, 0.1) is 5.82 Å². The summed E-state index contributed by atoms with van der Waals surface area (Å²) in [7, 11) is 0. The number of carbonyl (C=O) groups excluding carboxylic acids is 1. The first-order valence-corrected chi connectivity index (χ1v) is 10.8. The molecule has 2 aliphatic rings. The van der Waals surface area contributed by atoms with Crippen LogP contribution >= 0.6 is 0 Å². The van der Waals surface area contributed by atoms with E-state index >= 15 is 0 Å². The van der Waals surface area contributed by atoms with E-state index in [1.54, 1.807) is 12.1 Å². The van der Waals surface area contributed by atoms with Crippen molar-refractivity contribution in [3.05, 3.63) is 71.8 Å². The van der Waals surface area contributed by atoms with Gasteiger partial charge in [-0.1, -0.05) is 18.2 Å². The number of primary amides is 1. The van der Waals surface area contributed by atoms with Gasteiger partial charge in [0.05, 0.1) is 18.0 Å². The van der Waals surface area contributed by atoms with Crippen molar-refractivity contribution in [1.29, 1.82) is 0 Å². The van der Waals surface area contributed by atoms with Gasteiger partial charge in [0.25, 0.3) is 5.91 Å². The van der Waals surface area contributed by atoms with Gasteiger partial charge >= 0.3 is 0 Å². The Balaban J connectivity index is 1.32. The molecule has 3 aromatic rings. The summed E-state index contributed by atoms with van der Waals surface area (Å²) >= 11 is 0. The average Bonchev–Trinajstić information content (AvgIpc) is 2.76. The van der Waals surface area contributed by atoms with Crippen molar-refractivity contribution in [2.24, 2.45) is 5.73 Å². The summed E-state index contributed by atoms with van der Waals surface area (Å²) in [5, 5.41) is 11.7.